The maximum absolute atomic E-state index is 13.3. The van der Waals surface area contributed by atoms with E-state index in [0.29, 0.717) is 15.1 Å². The van der Waals surface area contributed by atoms with Crippen molar-refractivity contribution in [3.05, 3.63) is 62.3 Å². The van der Waals surface area contributed by atoms with Crippen LogP contribution in [0.2, 0.25) is 15.1 Å². The van der Waals surface area contributed by atoms with Crippen LogP contribution >= 0.6 is 34.8 Å². The van der Waals surface area contributed by atoms with Crippen molar-refractivity contribution in [2.24, 2.45) is 0 Å². The summed E-state index contributed by atoms with van der Waals surface area (Å²) in [6.07, 6.45) is 0. The summed E-state index contributed by atoms with van der Waals surface area (Å²) in [5.41, 5.74) is 2.48. The minimum absolute atomic E-state index is 0.127. The zero-order valence-corrected chi connectivity index (χ0v) is 13.2. The van der Waals surface area contributed by atoms with E-state index in [4.69, 9.17) is 34.8 Å². The molecule has 0 radical (unpaired) electrons. The molecule has 5 heteroatoms. The Labute approximate surface area is 132 Å². The van der Waals surface area contributed by atoms with Crippen LogP contribution in [0.1, 0.15) is 24.1 Å². The molecule has 0 aliphatic rings. The van der Waals surface area contributed by atoms with Crippen LogP contribution in [0, 0.1) is 12.7 Å². The van der Waals surface area contributed by atoms with Crippen molar-refractivity contribution < 1.29 is 4.39 Å². The first-order chi connectivity index (χ1) is 9.40. The first kappa shape index (κ1) is 15.4. The molecule has 2 aromatic rings. The maximum atomic E-state index is 13.3. The Morgan fingerprint density at radius 3 is 2.45 bits per heavy atom. The second kappa shape index (κ2) is 6.21. The fourth-order valence-electron chi connectivity index (χ4n) is 1.94. The van der Waals surface area contributed by atoms with Crippen molar-refractivity contribution >= 4 is 40.5 Å². The number of aryl methyl sites for hydroxylation is 1. The predicted octanol–water partition coefficient (Wildman–Crippen LogP) is 6.27. The van der Waals surface area contributed by atoms with Gasteiger partial charge in [-0.15, -0.1) is 0 Å². The van der Waals surface area contributed by atoms with Gasteiger partial charge in [0, 0.05) is 5.69 Å². The van der Waals surface area contributed by atoms with Gasteiger partial charge in [-0.25, -0.2) is 4.39 Å². The molecule has 1 nitrogen and oxygen atoms in total. The first-order valence-corrected chi connectivity index (χ1v) is 7.19. The highest BCUT2D eigenvalue weighted by Gasteiger charge is 2.15. The van der Waals surface area contributed by atoms with Gasteiger partial charge < -0.3 is 5.32 Å². The van der Waals surface area contributed by atoms with Crippen molar-refractivity contribution in [1.82, 2.24) is 0 Å². The molecular formula is C15H13Cl3FN. The number of halogens is 4. The fourth-order valence-corrected chi connectivity index (χ4v) is 2.64. The van der Waals surface area contributed by atoms with Crippen LogP contribution in [0.4, 0.5) is 10.1 Å². The van der Waals surface area contributed by atoms with Crippen LogP contribution in [0.15, 0.2) is 30.3 Å². The highest BCUT2D eigenvalue weighted by Crippen LogP contribution is 2.36. The van der Waals surface area contributed by atoms with Crippen LogP contribution in [0.3, 0.4) is 0 Å². The maximum Gasteiger partial charge on any atom is 0.125 e. The molecule has 0 saturated carbocycles. The van der Waals surface area contributed by atoms with Crippen molar-refractivity contribution in [1.29, 1.82) is 0 Å². The summed E-state index contributed by atoms with van der Waals surface area (Å²) in [5, 5.41) is 4.38. The lowest BCUT2D eigenvalue weighted by atomic mass is 10.1. The standard InChI is InChI=1S/C15H13Cl3FN/c1-8-3-4-10(19)7-13(8)20-9(2)11-5-6-12(16)15(18)14(11)17/h3-7,9,20H,1-2H3. The number of rotatable bonds is 3. The lowest BCUT2D eigenvalue weighted by molar-refractivity contribution is 0.627. The van der Waals surface area contributed by atoms with E-state index in [1.54, 1.807) is 12.1 Å². The van der Waals surface area contributed by atoms with E-state index >= 15 is 0 Å². The molecule has 0 bridgehead atoms. The van der Waals surface area contributed by atoms with Crippen molar-refractivity contribution in [2.45, 2.75) is 19.9 Å². The van der Waals surface area contributed by atoms with Crippen LogP contribution < -0.4 is 5.32 Å². The van der Waals surface area contributed by atoms with Crippen molar-refractivity contribution in [3.63, 3.8) is 0 Å². The number of nitrogens with one attached hydrogen (secondary N) is 1. The Kier molecular flexibility index (Phi) is 4.79. The lowest BCUT2D eigenvalue weighted by Gasteiger charge is -2.19. The van der Waals surface area contributed by atoms with Crippen LogP contribution in [0.25, 0.3) is 0 Å². The molecule has 1 atom stereocenters. The van der Waals surface area contributed by atoms with Gasteiger partial charge in [-0.2, -0.15) is 0 Å². The van der Waals surface area contributed by atoms with Gasteiger partial charge in [0.1, 0.15) is 5.82 Å². The minimum Gasteiger partial charge on any atom is -0.378 e. The van der Waals surface area contributed by atoms with Gasteiger partial charge in [-0.05, 0) is 43.2 Å². The molecule has 1 N–H and O–H groups in total. The quantitative estimate of drug-likeness (QED) is 0.653. The number of benzene rings is 2. The number of hydrogen-bond acceptors (Lipinski definition) is 1. The van der Waals surface area contributed by atoms with Crippen molar-refractivity contribution in [2.75, 3.05) is 5.32 Å². The summed E-state index contributed by atoms with van der Waals surface area (Å²) >= 11 is 18.1. The van der Waals surface area contributed by atoms with Gasteiger partial charge in [-0.3, -0.25) is 0 Å². The highest BCUT2D eigenvalue weighted by atomic mass is 35.5. The third kappa shape index (κ3) is 3.20. The lowest BCUT2D eigenvalue weighted by Crippen LogP contribution is -2.08. The number of hydrogen-bond donors (Lipinski definition) is 1. The molecule has 20 heavy (non-hydrogen) atoms. The molecule has 106 valence electrons. The molecule has 0 amide bonds. The largest absolute Gasteiger partial charge is 0.378 e. The molecule has 0 fully saturated rings. The van der Waals surface area contributed by atoms with Crippen LogP contribution in [-0.2, 0) is 0 Å². The number of anilines is 1. The van der Waals surface area contributed by atoms with Crippen LogP contribution in [-0.4, -0.2) is 0 Å². The van der Waals surface area contributed by atoms with Gasteiger partial charge in [0.2, 0.25) is 0 Å². The summed E-state index contributed by atoms with van der Waals surface area (Å²) < 4.78 is 13.3. The van der Waals surface area contributed by atoms with Crippen molar-refractivity contribution in [3.8, 4) is 0 Å². The molecule has 0 aromatic heterocycles. The molecule has 0 saturated heterocycles. The smallest absolute Gasteiger partial charge is 0.125 e. The molecule has 0 aliphatic carbocycles. The van der Waals surface area contributed by atoms with Gasteiger partial charge in [0.05, 0.1) is 21.1 Å². The second-order valence-corrected chi connectivity index (χ2v) is 5.75. The van der Waals surface area contributed by atoms with Gasteiger partial charge in [0.15, 0.2) is 0 Å². The van der Waals surface area contributed by atoms with E-state index in [2.05, 4.69) is 5.32 Å². The minimum atomic E-state index is -0.287. The zero-order chi connectivity index (χ0) is 14.9. The normalized spacial score (nSPS) is 12.3. The first-order valence-electron chi connectivity index (χ1n) is 6.06. The van der Waals surface area contributed by atoms with E-state index in [-0.39, 0.29) is 11.9 Å². The van der Waals surface area contributed by atoms with E-state index in [9.17, 15) is 4.39 Å². The highest BCUT2D eigenvalue weighted by molar-refractivity contribution is 6.48. The van der Waals surface area contributed by atoms with Gasteiger partial charge in [-0.1, -0.05) is 46.9 Å². The Morgan fingerprint density at radius 1 is 1.05 bits per heavy atom. The monoisotopic (exact) mass is 331 g/mol. The summed E-state index contributed by atoms with van der Waals surface area (Å²) in [5.74, 6) is -0.287. The van der Waals surface area contributed by atoms with E-state index in [1.807, 2.05) is 19.9 Å². The molecule has 0 spiro atoms. The Morgan fingerprint density at radius 2 is 1.75 bits per heavy atom. The summed E-state index contributed by atoms with van der Waals surface area (Å²) in [6.45, 7) is 3.83. The summed E-state index contributed by atoms with van der Waals surface area (Å²) in [7, 11) is 0. The van der Waals surface area contributed by atoms with E-state index in [1.165, 1.54) is 12.1 Å². The molecule has 1 unspecified atom stereocenters. The predicted molar refractivity (Wildman–Crippen MR) is 84.6 cm³/mol. The topological polar surface area (TPSA) is 12.0 Å². The average Bonchev–Trinajstić information content (AvgIpc) is 2.40. The molecule has 0 heterocycles. The molecule has 2 rings (SSSR count). The Balaban J connectivity index is 2.31. The summed E-state index contributed by atoms with van der Waals surface area (Å²) in [6, 6.07) is 7.98. The van der Waals surface area contributed by atoms with Crippen LogP contribution in [0.5, 0.6) is 0 Å². The SMILES string of the molecule is Cc1ccc(F)cc1NC(C)c1ccc(Cl)c(Cl)c1Cl. The zero-order valence-electron chi connectivity index (χ0n) is 11.0. The third-order valence-electron chi connectivity index (χ3n) is 3.10. The van der Waals surface area contributed by atoms with Gasteiger partial charge in [0.25, 0.3) is 0 Å². The molecular weight excluding hydrogens is 320 g/mol. The Bertz CT molecular complexity index is 643. The average molecular weight is 333 g/mol. The molecule has 2 aromatic carbocycles. The van der Waals surface area contributed by atoms with E-state index < -0.39 is 0 Å². The second-order valence-electron chi connectivity index (χ2n) is 4.59. The molecule has 0 aliphatic heterocycles. The fraction of sp³-hybridized carbons (Fsp3) is 0.200. The van der Waals surface area contributed by atoms with E-state index in [0.717, 1.165) is 16.8 Å². The third-order valence-corrected chi connectivity index (χ3v) is 4.41. The summed E-state index contributed by atoms with van der Waals surface area (Å²) in [4.78, 5) is 0. The van der Waals surface area contributed by atoms with Gasteiger partial charge >= 0.3 is 0 Å². The Hall–Kier alpha value is -0.960.